The van der Waals surface area contributed by atoms with Crippen LogP contribution in [0.4, 0.5) is 17.1 Å². The molecule has 0 N–H and O–H groups in total. The van der Waals surface area contributed by atoms with Crippen LogP contribution in [0.2, 0.25) is 0 Å². The fourth-order valence-corrected chi connectivity index (χ4v) is 10.5. The Hall–Kier alpha value is -7.04. The predicted octanol–water partition coefficient (Wildman–Crippen LogP) is 16.8. The van der Waals surface area contributed by atoms with E-state index in [2.05, 4.69) is 229 Å². The molecule has 0 atom stereocenters. The highest BCUT2D eigenvalue weighted by Gasteiger charge is 2.15. The van der Waals surface area contributed by atoms with Gasteiger partial charge in [0.2, 0.25) is 0 Å². The number of benzene rings is 9. The Kier molecular flexibility index (Phi) is 8.96. The van der Waals surface area contributed by atoms with Crippen LogP contribution in [0.3, 0.4) is 0 Å². The molecule has 0 amide bonds. The summed E-state index contributed by atoms with van der Waals surface area (Å²) in [5.74, 6) is 0. The minimum Gasteiger partial charge on any atom is -0.311 e. The minimum atomic E-state index is 1.13. The lowest BCUT2D eigenvalue weighted by Gasteiger charge is -2.25. The zero-order valence-electron chi connectivity index (χ0n) is 32.1. The van der Waals surface area contributed by atoms with E-state index in [4.69, 9.17) is 0 Å². The first kappa shape index (κ1) is 35.1. The Morgan fingerprint density at radius 2 is 0.814 bits per heavy atom. The molecule has 0 aliphatic heterocycles. The Balaban J connectivity index is 0.971. The second kappa shape index (κ2) is 15.0. The van der Waals surface area contributed by atoms with Crippen LogP contribution in [0.25, 0.3) is 74.2 Å². The quantitative estimate of drug-likeness (QED) is 0.139. The van der Waals surface area contributed by atoms with Crippen molar-refractivity contribution in [3.8, 4) is 22.3 Å². The van der Waals surface area contributed by atoms with Gasteiger partial charge in [0.25, 0.3) is 0 Å². The van der Waals surface area contributed by atoms with Crippen LogP contribution in [0.15, 0.2) is 218 Å². The van der Waals surface area contributed by atoms with E-state index in [1.54, 1.807) is 0 Å². The molecular formula is C56H37NS2. The van der Waals surface area contributed by atoms with E-state index < -0.39 is 0 Å². The number of nitrogens with zero attached hydrogens (tertiary/aromatic N) is 1. The van der Waals surface area contributed by atoms with Gasteiger partial charge in [-0.2, -0.15) is 0 Å². The number of thiophene rings is 2. The van der Waals surface area contributed by atoms with Gasteiger partial charge < -0.3 is 4.90 Å². The van der Waals surface area contributed by atoms with Gasteiger partial charge in [0.05, 0.1) is 0 Å². The fraction of sp³-hybridized carbons (Fsp3) is 0. The van der Waals surface area contributed by atoms with Gasteiger partial charge in [-0.05, 0) is 123 Å². The third-order valence-corrected chi connectivity index (χ3v) is 13.6. The first-order valence-corrected chi connectivity index (χ1v) is 21.6. The maximum Gasteiger partial charge on any atom is 0.0462 e. The lowest BCUT2D eigenvalue weighted by atomic mass is 9.92. The third-order valence-electron chi connectivity index (χ3n) is 11.3. The van der Waals surface area contributed by atoms with Crippen LogP contribution in [-0.4, -0.2) is 0 Å². The summed E-state index contributed by atoms with van der Waals surface area (Å²) in [6, 6.07) is 79.4. The molecule has 9 aromatic carbocycles. The van der Waals surface area contributed by atoms with E-state index in [1.165, 1.54) is 84.9 Å². The van der Waals surface area contributed by atoms with Gasteiger partial charge in [-0.1, -0.05) is 146 Å². The monoisotopic (exact) mass is 787 g/mol. The summed E-state index contributed by atoms with van der Waals surface area (Å²) in [7, 11) is 0. The zero-order chi connectivity index (χ0) is 39.1. The van der Waals surface area contributed by atoms with E-state index in [1.807, 2.05) is 22.7 Å². The smallest absolute Gasteiger partial charge is 0.0462 e. The second-order valence-electron chi connectivity index (χ2n) is 14.9. The summed E-state index contributed by atoms with van der Waals surface area (Å²) in [6.07, 6.45) is 2.37. The summed E-state index contributed by atoms with van der Waals surface area (Å²) >= 11 is 3.73. The normalized spacial score (nSPS) is 11.8. The van der Waals surface area contributed by atoms with Crippen molar-refractivity contribution < 1.29 is 0 Å². The highest BCUT2D eigenvalue weighted by atomic mass is 32.1. The zero-order valence-corrected chi connectivity index (χ0v) is 33.8. The highest BCUT2D eigenvalue weighted by molar-refractivity contribution is 7.26. The molecule has 0 unspecified atom stereocenters. The fourth-order valence-electron chi connectivity index (χ4n) is 8.33. The lowest BCUT2D eigenvalue weighted by Crippen LogP contribution is -2.09. The maximum absolute atomic E-state index is 2.40. The maximum atomic E-state index is 2.40. The van der Waals surface area contributed by atoms with Gasteiger partial charge in [-0.15, -0.1) is 22.7 Å². The van der Waals surface area contributed by atoms with Crippen LogP contribution in [-0.2, 0) is 0 Å². The molecule has 0 aliphatic carbocycles. The average Bonchev–Trinajstić information content (AvgIpc) is 3.87. The summed E-state index contributed by atoms with van der Waals surface area (Å²) in [6.45, 7) is 0. The van der Waals surface area contributed by atoms with Crippen LogP contribution in [0.5, 0.6) is 0 Å². The van der Waals surface area contributed by atoms with Crippen molar-refractivity contribution in [2.75, 3.05) is 4.90 Å². The third kappa shape index (κ3) is 6.71. The molecule has 2 aromatic heterocycles. The van der Waals surface area contributed by atoms with E-state index in [0.29, 0.717) is 0 Å². The van der Waals surface area contributed by atoms with E-state index >= 15 is 0 Å². The highest BCUT2D eigenvalue weighted by Crippen LogP contribution is 2.41. The van der Waals surface area contributed by atoms with Gasteiger partial charge in [0.15, 0.2) is 0 Å². The minimum absolute atomic E-state index is 1.13. The van der Waals surface area contributed by atoms with E-state index in [9.17, 15) is 0 Å². The van der Waals surface area contributed by atoms with Gasteiger partial charge in [-0.25, -0.2) is 0 Å². The van der Waals surface area contributed by atoms with Crippen molar-refractivity contribution in [1.29, 1.82) is 0 Å². The molecule has 11 rings (SSSR count). The van der Waals surface area contributed by atoms with Crippen molar-refractivity contribution in [2.24, 2.45) is 0 Å². The molecular weight excluding hydrogens is 751 g/mol. The summed E-state index contributed by atoms with van der Waals surface area (Å²) in [5.41, 5.74) is 13.1. The van der Waals surface area contributed by atoms with Gasteiger partial charge in [0.1, 0.15) is 0 Å². The number of hydrogen-bond donors (Lipinski definition) is 0. The Bertz CT molecular complexity index is 3250. The molecule has 0 fully saturated rings. The van der Waals surface area contributed by atoms with Crippen LogP contribution in [0.1, 0.15) is 16.7 Å². The number of fused-ring (bicyclic) bond motifs is 6. The summed E-state index contributed by atoms with van der Waals surface area (Å²) in [4.78, 5) is 2.30. The van der Waals surface area contributed by atoms with Crippen LogP contribution >= 0.6 is 22.7 Å². The number of para-hydroxylation sites is 2. The molecule has 0 bridgehead atoms. The number of anilines is 3. The molecule has 0 aliphatic rings. The predicted molar refractivity (Wildman–Crippen MR) is 258 cm³/mol. The average molecular weight is 788 g/mol. The van der Waals surface area contributed by atoms with Crippen LogP contribution in [0, 0.1) is 0 Å². The Labute approximate surface area is 352 Å². The SMILES string of the molecule is C(=C(/c1ccc(-c2ccccc2)cc1)c1ccc2sc3cc(-c4ccc(N(c5ccccc5)c5ccccc5)cc4)ccc3c2c1)/c1ccc2sc3ccccc3c2c1. The Morgan fingerprint density at radius 3 is 1.54 bits per heavy atom. The first-order valence-electron chi connectivity index (χ1n) is 20.0. The van der Waals surface area contributed by atoms with E-state index in [0.717, 1.165) is 17.1 Å². The van der Waals surface area contributed by atoms with Crippen molar-refractivity contribution in [3.05, 3.63) is 235 Å². The summed E-state index contributed by atoms with van der Waals surface area (Å²) < 4.78 is 5.23. The molecule has 1 nitrogen and oxygen atoms in total. The van der Waals surface area contributed by atoms with E-state index in [-0.39, 0.29) is 0 Å². The molecule has 11 aromatic rings. The number of hydrogen-bond acceptors (Lipinski definition) is 3. The molecule has 0 saturated heterocycles. The van der Waals surface area contributed by atoms with Crippen molar-refractivity contribution in [3.63, 3.8) is 0 Å². The largest absolute Gasteiger partial charge is 0.311 e. The Morgan fingerprint density at radius 1 is 0.322 bits per heavy atom. The molecule has 3 heteroatoms. The van der Waals surface area contributed by atoms with Crippen LogP contribution < -0.4 is 4.90 Å². The van der Waals surface area contributed by atoms with Gasteiger partial charge >= 0.3 is 0 Å². The molecule has 0 radical (unpaired) electrons. The standard InChI is InChI=1S/C56H37NS2/c1-4-12-39(13-5-1)40-21-23-42(24-22-40)50(34-38-20-32-54-51(35-38)48-18-10-11-19-53(48)58-54)44-28-33-55-52(36-44)49-31-27-43(37-56(49)59-55)41-25-29-47(30-26-41)57(45-14-6-2-7-15-45)46-16-8-3-9-17-46/h1-37H/b50-34+. The van der Waals surface area contributed by atoms with Crippen molar-refractivity contribution in [1.82, 2.24) is 0 Å². The molecule has 2 heterocycles. The van der Waals surface area contributed by atoms with Crippen molar-refractivity contribution >= 4 is 91.7 Å². The topological polar surface area (TPSA) is 3.24 Å². The molecule has 59 heavy (non-hydrogen) atoms. The number of rotatable bonds is 8. The molecule has 0 saturated carbocycles. The van der Waals surface area contributed by atoms with Crippen molar-refractivity contribution in [2.45, 2.75) is 0 Å². The lowest BCUT2D eigenvalue weighted by molar-refractivity contribution is 1.28. The summed E-state index contributed by atoms with van der Waals surface area (Å²) in [5, 5.41) is 5.21. The molecule has 0 spiro atoms. The first-order chi connectivity index (χ1) is 29.2. The second-order valence-corrected chi connectivity index (χ2v) is 17.1. The van der Waals surface area contributed by atoms with Gasteiger partial charge in [-0.3, -0.25) is 0 Å². The molecule has 278 valence electrons. The van der Waals surface area contributed by atoms with Gasteiger partial charge in [0, 0.05) is 57.4 Å².